The maximum atomic E-state index is 12.5. The number of hydrogen-bond donors (Lipinski definition) is 2. The van der Waals surface area contributed by atoms with E-state index >= 15 is 0 Å². The molecule has 26 heavy (non-hydrogen) atoms. The van der Waals surface area contributed by atoms with Crippen molar-refractivity contribution in [2.24, 2.45) is 25.7 Å². The Balaban J connectivity index is 0.00000169. The Labute approximate surface area is 162 Å². The van der Waals surface area contributed by atoms with Crippen LogP contribution in [0.4, 0.5) is 0 Å². The first kappa shape index (κ1) is 22.1. The summed E-state index contributed by atoms with van der Waals surface area (Å²) in [4.78, 5) is 40.9. The Morgan fingerprint density at radius 2 is 1.88 bits per heavy atom. The van der Waals surface area contributed by atoms with Crippen LogP contribution in [0.15, 0.2) is 21.7 Å². The molecule has 3 rings (SSSR count). The van der Waals surface area contributed by atoms with Crippen molar-refractivity contribution in [1.29, 1.82) is 0 Å². The number of carbonyl (C=O) groups excluding carboxylic acids is 1. The van der Waals surface area contributed by atoms with E-state index < -0.39 is 16.8 Å². The molecule has 1 aliphatic rings. The first-order chi connectivity index (χ1) is 11.3. The summed E-state index contributed by atoms with van der Waals surface area (Å²) in [6, 6.07) is 3.02. The molecule has 0 aliphatic heterocycles. The van der Waals surface area contributed by atoms with Crippen molar-refractivity contribution in [1.82, 2.24) is 19.4 Å². The van der Waals surface area contributed by atoms with E-state index in [4.69, 9.17) is 5.73 Å². The van der Waals surface area contributed by atoms with Crippen molar-refractivity contribution in [3.05, 3.63) is 38.7 Å². The van der Waals surface area contributed by atoms with Crippen molar-refractivity contribution in [3.8, 4) is 0 Å². The minimum absolute atomic E-state index is 0. The zero-order chi connectivity index (χ0) is 17.6. The van der Waals surface area contributed by atoms with E-state index in [1.54, 1.807) is 0 Å². The highest BCUT2D eigenvalue weighted by Crippen LogP contribution is 2.39. The summed E-state index contributed by atoms with van der Waals surface area (Å²) in [5.74, 6) is 0.0217. The minimum Gasteiger partial charge on any atom is -0.344 e. The third-order valence-electron chi connectivity index (χ3n) is 4.84. The fraction of sp³-hybridized carbons (Fsp3) is 0.500. The van der Waals surface area contributed by atoms with E-state index in [2.05, 4.69) is 10.3 Å². The van der Waals surface area contributed by atoms with Gasteiger partial charge in [0.15, 0.2) is 0 Å². The Morgan fingerprint density at radius 3 is 2.42 bits per heavy atom. The second-order valence-electron chi connectivity index (χ2n) is 6.62. The minimum atomic E-state index is -0.484. The fourth-order valence-corrected chi connectivity index (χ4v) is 2.94. The molecule has 0 aromatic carbocycles. The first-order valence-electron chi connectivity index (χ1n) is 7.88. The van der Waals surface area contributed by atoms with Gasteiger partial charge in [0.05, 0.1) is 10.9 Å². The zero-order valence-electron chi connectivity index (χ0n) is 14.8. The van der Waals surface area contributed by atoms with E-state index in [1.807, 2.05) is 6.92 Å². The third-order valence-corrected chi connectivity index (χ3v) is 4.84. The SMILES string of the molecule is Cl.Cl.Cn1c(=O)c2ccc(C(=O)NC(C)(CN)C3CC3)nc2n(C)c1=O. The van der Waals surface area contributed by atoms with Gasteiger partial charge in [0.2, 0.25) is 0 Å². The quantitative estimate of drug-likeness (QED) is 0.763. The average Bonchev–Trinajstić information content (AvgIpc) is 3.42. The molecule has 0 saturated heterocycles. The van der Waals surface area contributed by atoms with Crippen LogP contribution in [0.2, 0.25) is 0 Å². The number of nitrogens with one attached hydrogen (secondary N) is 1. The number of carbonyl (C=O) groups is 1. The summed E-state index contributed by atoms with van der Waals surface area (Å²) in [5.41, 5.74) is 4.79. The molecule has 8 nitrogen and oxygen atoms in total. The van der Waals surface area contributed by atoms with E-state index in [0.717, 1.165) is 17.4 Å². The molecule has 1 atom stereocenters. The van der Waals surface area contributed by atoms with Crippen LogP contribution in [-0.4, -0.2) is 32.1 Å². The van der Waals surface area contributed by atoms with Gasteiger partial charge in [-0.2, -0.15) is 0 Å². The van der Waals surface area contributed by atoms with E-state index in [0.29, 0.717) is 17.8 Å². The summed E-state index contributed by atoms with van der Waals surface area (Å²) < 4.78 is 2.28. The Morgan fingerprint density at radius 1 is 1.27 bits per heavy atom. The molecule has 2 aromatic heterocycles. The number of nitrogens with two attached hydrogens (primary N) is 1. The van der Waals surface area contributed by atoms with E-state index in [-0.39, 0.29) is 42.1 Å². The molecular weight excluding hydrogens is 381 g/mol. The van der Waals surface area contributed by atoms with Crippen LogP contribution >= 0.6 is 24.8 Å². The monoisotopic (exact) mass is 403 g/mol. The Kier molecular flexibility index (Phi) is 6.62. The number of nitrogens with zero attached hydrogens (tertiary/aromatic N) is 3. The highest BCUT2D eigenvalue weighted by atomic mass is 35.5. The molecule has 1 aliphatic carbocycles. The van der Waals surface area contributed by atoms with Gasteiger partial charge in [-0.25, -0.2) is 9.78 Å². The van der Waals surface area contributed by atoms with Crippen LogP contribution in [0, 0.1) is 5.92 Å². The number of aryl methyl sites for hydroxylation is 1. The van der Waals surface area contributed by atoms with Gasteiger partial charge in [-0.15, -0.1) is 24.8 Å². The topological polar surface area (TPSA) is 112 Å². The molecule has 3 N–H and O–H groups in total. The molecule has 144 valence electrons. The Hall–Kier alpha value is -1.90. The number of hydrogen-bond acceptors (Lipinski definition) is 5. The molecule has 1 amide bonds. The highest BCUT2D eigenvalue weighted by Gasteiger charge is 2.41. The number of pyridine rings is 1. The lowest BCUT2D eigenvalue weighted by Crippen LogP contribution is -2.53. The van der Waals surface area contributed by atoms with E-state index in [1.165, 1.54) is 30.8 Å². The smallest absolute Gasteiger partial charge is 0.332 e. The molecule has 0 radical (unpaired) electrons. The van der Waals surface area contributed by atoms with Gasteiger partial charge < -0.3 is 11.1 Å². The van der Waals surface area contributed by atoms with Crippen LogP contribution in [0.25, 0.3) is 11.0 Å². The Bertz CT molecular complexity index is 951. The van der Waals surface area contributed by atoms with Crippen molar-refractivity contribution in [3.63, 3.8) is 0 Å². The molecule has 2 heterocycles. The summed E-state index contributed by atoms with van der Waals surface area (Å²) in [5, 5.41) is 3.24. The average molecular weight is 404 g/mol. The zero-order valence-corrected chi connectivity index (χ0v) is 16.4. The largest absolute Gasteiger partial charge is 0.344 e. The molecule has 0 bridgehead atoms. The number of aromatic nitrogens is 3. The standard InChI is InChI=1S/C16H21N5O3.2ClH/c1-16(8-17,9-4-5-9)19-13(22)11-7-6-10-12(18-11)20(2)15(24)21(3)14(10)23;;/h6-7,9H,4-5,8,17H2,1-3H3,(H,19,22);2*1H. The predicted molar refractivity (Wildman–Crippen MR) is 104 cm³/mol. The van der Waals surface area contributed by atoms with Crippen molar-refractivity contribution in [2.75, 3.05) is 6.54 Å². The summed E-state index contributed by atoms with van der Waals surface area (Å²) >= 11 is 0. The van der Waals surface area contributed by atoms with Crippen molar-refractivity contribution in [2.45, 2.75) is 25.3 Å². The van der Waals surface area contributed by atoms with E-state index in [9.17, 15) is 14.4 Å². The van der Waals surface area contributed by atoms with Gasteiger partial charge in [0, 0.05) is 20.6 Å². The van der Waals surface area contributed by atoms with Crippen LogP contribution in [-0.2, 0) is 14.1 Å². The van der Waals surface area contributed by atoms with Crippen LogP contribution < -0.4 is 22.3 Å². The molecule has 10 heteroatoms. The molecular formula is C16H23Cl2N5O3. The number of halogens is 2. The van der Waals surface area contributed by atoms with Gasteiger partial charge >= 0.3 is 5.69 Å². The molecule has 0 spiro atoms. The molecule has 1 unspecified atom stereocenters. The number of rotatable bonds is 4. The van der Waals surface area contributed by atoms with Crippen molar-refractivity contribution >= 4 is 41.8 Å². The van der Waals surface area contributed by atoms with Crippen molar-refractivity contribution < 1.29 is 4.79 Å². The van der Waals surface area contributed by atoms with Gasteiger partial charge in [0.25, 0.3) is 11.5 Å². The van der Waals surface area contributed by atoms with Crippen LogP contribution in [0.1, 0.15) is 30.3 Å². The number of fused-ring (bicyclic) bond motifs is 1. The third kappa shape index (κ3) is 3.62. The van der Waals surface area contributed by atoms with Gasteiger partial charge in [0.1, 0.15) is 11.3 Å². The first-order valence-corrected chi connectivity index (χ1v) is 7.88. The summed E-state index contributed by atoms with van der Waals surface area (Å²) in [6.07, 6.45) is 2.09. The molecule has 1 fully saturated rings. The summed E-state index contributed by atoms with van der Waals surface area (Å²) in [7, 11) is 2.93. The van der Waals surface area contributed by atoms with Gasteiger partial charge in [-0.05, 0) is 37.8 Å². The molecule has 2 aromatic rings. The van der Waals surface area contributed by atoms with Gasteiger partial charge in [-0.3, -0.25) is 18.7 Å². The lowest BCUT2D eigenvalue weighted by Gasteiger charge is -2.29. The fourth-order valence-electron chi connectivity index (χ4n) is 2.94. The lowest BCUT2D eigenvalue weighted by molar-refractivity contribution is 0.0893. The molecule has 1 saturated carbocycles. The second kappa shape index (κ2) is 7.77. The number of amides is 1. The predicted octanol–water partition coefficient (Wildman–Crippen LogP) is 0.333. The normalized spacial score (nSPS) is 15.5. The maximum absolute atomic E-state index is 12.5. The van der Waals surface area contributed by atoms with Crippen LogP contribution in [0.5, 0.6) is 0 Å². The second-order valence-corrected chi connectivity index (χ2v) is 6.62. The van der Waals surface area contributed by atoms with Crippen LogP contribution in [0.3, 0.4) is 0 Å². The lowest BCUT2D eigenvalue weighted by atomic mass is 9.96. The highest BCUT2D eigenvalue weighted by molar-refractivity contribution is 5.94. The van der Waals surface area contributed by atoms with Gasteiger partial charge in [-0.1, -0.05) is 0 Å². The summed E-state index contributed by atoms with van der Waals surface area (Å²) in [6.45, 7) is 2.27. The maximum Gasteiger partial charge on any atom is 0.332 e.